The number of benzene rings is 1. The summed E-state index contributed by atoms with van der Waals surface area (Å²) < 4.78 is 29.1. The van der Waals surface area contributed by atoms with E-state index in [1.54, 1.807) is 10.9 Å². The lowest BCUT2D eigenvalue weighted by Crippen LogP contribution is -1.91. The van der Waals surface area contributed by atoms with Gasteiger partial charge in [-0.05, 0) is 24.1 Å². The molecule has 0 atom stereocenters. The van der Waals surface area contributed by atoms with Gasteiger partial charge in [-0.2, -0.15) is 0 Å². The predicted octanol–water partition coefficient (Wildman–Crippen LogP) is 4.19. The molecule has 0 bridgehead atoms. The monoisotopic (exact) mass is 278 g/mol. The van der Waals surface area contributed by atoms with E-state index < -0.39 is 16.7 Å². The van der Waals surface area contributed by atoms with Gasteiger partial charge in [0.1, 0.15) is 16.7 Å². The predicted molar refractivity (Wildman–Crippen MR) is 63.0 cm³/mol. The zero-order valence-corrected chi connectivity index (χ0v) is 10.1. The molecule has 1 aromatic heterocycles. The van der Waals surface area contributed by atoms with E-state index in [1.807, 2.05) is 0 Å². The molecule has 0 saturated carbocycles. The third-order valence-corrected chi connectivity index (χ3v) is 3.48. The summed E-state index contributed by atoms with van der Waals surface area (Å²) in [5.41, 5.74) is 1.65. The number of rotatable bonds is 3. The summed E-state index contributed by atoms with van der Waals surface area (Å²) in [6, 6.07) is 2.44. The molecule has 1 aromatic carbocycles. The average molecular weight is 279 g/mol. The quantitative estimate of drug-likeness (QED) is 0.673. The highest BCUT2D eigenvalue weighted by atomic mass is 35.5. The molecule has 0 unspecified atom stereocenters. The highest BCUT2D eigenvalue weighted by Gasteiger charge is 2.12. The Bertz CT molecular complexity index is 491. The fourth-order valence-electron chi connectivity index (χ4n) is 0.957. The van der Waals surface area contributed by atoms with Crippen molar-refractivity contribution in [1.29, 1.82) is 0 Å². The molecule has 0 aliphatic carbocycles. The van der Waals surface area contributed by atoms with E-state index in [9.17, 15) is 8.78 Å². The SMILES string of the molecule is Fc1ccc(SNc2cscn2)c(F)c1Cl. The van der Waals surface area contributed by atoms with Gasteiger partial charge in [0.2, 0.25) is 0 Å². The van der Waals surface area contributed by atoms with Crippen molar-refractivity contribution in [1.82, 2.24) is 4.98 Å². The normalized spacial score (nSPS) is 10.4. The van der Waals surface area contributed by atoms with Gasteiger partial charge in [0.15, 0.2) is 5.82 Å². The van der Waals surface area contributed by atoms with Crippen molar-refractivity contribution in [2.24, 2.45) is 0 Å². The van der Waals surface area contributed by atoms with Crippen LogP contribution in [0, 0.1) is 11.6 Å². The van der Waals surface area contributed by atoms with Crippen molar-refractivity contribution in [2.75, 3.05) is 4.72 Å². The van der Waals surface area contributed by atoms with Crippen LogP contribution < -0.4 is 4.72 Å². The van der Waals surface area contributed by atoms with Crippen molar-refractivity contribution in [2.45, 2.75) is 4.90 Å². The van der Waals surface area contributed by atoms with Crippen molar-refractivity contribution in [3.63, 3.8) is 0 Å². The molecule has 1 heterocycles. The second kappa shape index (κ2) is 4.99. The number of hydrogen-bond acceptors (Lipinski definition) is 4. The minimum atomic E-state index is -0.769. The van der Waals surface area contributed by atoms with Crippen LogP contribution in [0.4, 0.5) is 14.6 Å². The van der Waals surface area contributed by atoms with Crippen LogP contribution in [-0.2, 0) is 0 Å². The first-order valence-corrected chi connectivity index (χ1v) is 6.27. The summed E-state index contributed by atoms with van der Waals surface area (Å²) in [6.45, 7) is 0. The molecule has 0 amide bonds. The van der Waals surface area contributed by atoms with Gasteiger partial charge in [-0.1, -0.05) is 11.6 Å². The standard InChI is InChI=1S/C9H5ClF2N2S2/c10-8-5(11)1-2-6(9(8)12)16-14-7-3-15-4-13-7/h1-4,14H. The topological polar surface area (TPSA) is 24.9 Å². The highest BCUT2D eigenvalue weighted by molar-refractivity contribution is 8.00. The smallest absolute Gasteiger partial charge is 0.160 e. The molecule has 1 N–H and O–H groups in total. The van der Waals surface area contributed by atoms with Crippen LogP contribution in [0.2, 0.25) is 5.02 Å². The summed E-state index contributed by atoms with van der Waals surface area (Å²) in [7, 11) is 0. The summed E-state index contributed by atoms with van der Waals surface area (Å²) >= 11 is 7.85. The van der Waals surface area contributed by atoms with Gasteiger partial charge in [-0.3, -0.25) is 0 Å². The van der Waals surface area contributed by atoms with Crippen LogP contribution in [-0.4, -0.2) is 4.98 Å². The minimum Gasteiger partial charge on any atom is -0.309 e. The number of nitrogens with zero attached hydrogens (tertiary/aromatic N) is 1. The summed E-state index contributed by atoms with van der Waals surface area (Å²) in [6.07, 6.45) is 0. The Morgan fingerprint density at radius 2 is 2.19 bits per heavy atom. The molecule has 2 rings (SSSR count). The first-order valence-electron chi connectivity index (χ1n) is 4.13. The first kappa shape index (κ1) is 11.6. The molecule has 0 saturated heterocycles. The Labute approximate surface area is 104 Å². The molecule has 16 heavy (non-hydrogen) atoms. The second-order valence-electron chi connectivity index (χ2n) is 2.75. The molecule has 2 aromatic rings. The van der Waals surface area contributed by atoms with Crippen LogP contribution in [0.1, 0.15) is 0 Å². The molecule has 7 heteroatoms. The van der Waals surface area contributed by atoms with Gasteiger partial charge >= 0.3 is 0 Å². The number of halogens is 3. The maximum Gasteiger partial charge on any atom is 0.160 e. The molecule has 0 radical (unpaired) electrons. The summed E-state index contributed by atoms with van der Waals surface area (Å²) in [4.78, 5) is 4.18. The van der Waals surface area contributed by atoms with Crippen LogP contribution in [0.15, 0.2) is 27.9 Å². The molecule has 0 fully saturated rings. The summed E-state index contributed by atoms with van der Waals surface area (Å²) in [5, 5.41) is 1.28. The number of aromatic nitrogens is 1. The van der Waals surface area contributed by atoms with Gasteiger partial charge < -0.3 is 4.72 Å². The van der Waals surface area contributed by atoms with Crippen LogP contribution in [0.25, 0.3) is 0 Å². The third kappa shape index (κ3) is 2.45. The van der Waals surface area contributed by atoms with Gasteiger partial charge in [-0.15, -0.1) is 11.3 Å². The van der Waals surface area contributed by atoms with Gasteiger partial charge in [0.25, 0.3) is 0 Å². The third-order valence-electron chi connectivity index (χ3n) is 1.70. The van der Waals surface area contributed by atoms with Crippen LogP contribution in [0.3, 0.4) is 0 Å². The van der Waals surface area contributed by atoms with Crippen LogP contribution >= 0.6 is 34.9 Å². The van der Waals surface area contributed by atoms with E-state index in [4.69, 9.17) is 11.6 Å². The zero-order chi connectivity index (χ0) is 11.5. The molecule has 84 valence electrons. The zero-order valence-electron chi connectivity index (χ0n) is 7.71. The lowest BCUT2D eigenvalue weighted by Gasteiger charge is -2.05. The van der Waals surface area contributed by atoms with Gasteiger partial charge in [-0.25, -0.2) is 13.8 Å². The van der Waals surface area contributed by atoms with Crippen LogP contribution in [0.5, 0.6) is 0 Å². The number of anilines is 1. The van der Waals surface area contributed by atoms with Gasteiger partial charge in [0.05, 0.1) is 10.4 Å². The van der Waals surface area contributed by atoms with Gasteiger partial charge in [0, 0.05) is 5.38 Å². The Balaban J connectivity index is 2.13. The lowest BCUT2D eigenvalue weighted by atomic mass is 10.3. The first-order chi connectivity index (χ1) is 7.68. The Hall–Kier alpha value is -0.850. The van der Waals surface area contributed by atoms with Crippen molar-refractivity contribution in [3.8, 4) is 0 Å². The maximum atomic E-state index is 13.4. The molecular weight excluding hydrogens is 274 g/mol. The molecule has 0 spiro atoms. The van der Waals surface area contributed by atoms with Crippen molar-refractivity contribution < 1.29 is 8.78 Å². The van der Waals surface area contributed by atoms with E-state index in [0.717, 1.165) is 18.0 Å². The fraction of sp³-hybridized carbons (Fsp3) is 0. The van der Waals surface area contributed by atoms with E-state index in [1.165, 1.54) is 17.4 Å². The Morgan fingerprint density at radius 3 is 2.88 bits per heavy atom. The van der Waals surface area contributed by atoms with Crippen molar-refractivity contribution in [3.05, 3.63) is 39.7 Å². The minimum absolute atomic E-state index is 0.222. The molecule has 2 nitrogen and oxygen atoms in total. The number of nitrogens with one attached hydrogen (secondary N) is 1. The van der Waals surface area contributed by atoms with E-state index in [2.05, 4.69) is 9.71 Å². The fourth-order valence-corrected chi connectivity index (χ4v) is 2.39. The second-order valence-corrected chi connectivity index (χ2v) is 4.70. The molecule has 0 aliphatic rings. The Kier molecular flexibility index (Phi) is 3.63. The van der Waals surface area contributed by atoms with E-state index >= 15 is 0 Å². The lowest BCUT2D eigenvalue weighted by molar-refractivity contribution is 0.566. The highest BCUT2D eigenvalue weighted by Crippen LogP contribution is 2.29. The molecular formula is C9H5ClF2N2S2. The average Bonchev–Trinajstić information content (AvgIpc) is 2.78. The van der Waals surface area contributed by atoms with Crippen molar-refractivity contribution >= 4 is 40.7 Å². The summed E-state index contributed by atoms with van der Waals surface area (Å²) in [5.74, 6) is -0.915. The maximum absolute atomic E-state index is 13.4. The number of hydrogen-bond donors (Lipinski definition) is 1. The van der Waals surface area contributed by atoms with E-state index in [0.29, 0.717) is 5.82 Å². The van der Waals surface area contributed by atoms with E-state index in [-0.39, 0.29) is 4.90 Å². The Morgan fingerprint density at radius 1 is 1.38 bits per heavy atom. The number of thiazole rings is 1. The largest absolute Gasteiger partial charge is 0.309 e. The molecule has 0 aliphatic heterocycles.